The van der Waals surface area contributed by atoms with Crippen LogP contribution in [0.1, 0.15) is 25.3 Å². The monoisotopic (exact) mass is 498 g/mol. The third kappa shape index (κ3) is 4.96. The summed E-state index contributed by atoms with van der Waals surface area (Å²) in [4.78, 5) is 18.7. The average Bonchev–Trinajstić information content (AvgIpc) is 3.35. The highest BCUT2D eigenvalue weighted by atomic mass is 35.5. The SMILES string of the molecule is CCCCOCCc1ccc(-c2nc3c(cnn3-c3ccccc3)c(=O)n2-c2ccc(Cl)cc2)cc1. The summed E-state index contributed by atoms with van der Waals surface area (Å²) in [5.41, 5.74) is 3.86. The Morgan fingerprint density at radius 2 is 1.64 bits per heavy atom. The van der Waals surface area contributed by atoms with Crippen LogP contribution in [0, 0.1) is 0 Å². The van der Waals surface area contributed by atoms with Crippen LogP contribution in [0.25, 0.3) is 33.8 Å². The molecule has 2 heterocycles. The van der Waals surface area contributed by atoms with Gasteiger partial charge in [-0.15, -0.1) is 0 Å². The van der Waals surface area contributed by atoms with Gasteiger partial charge in [0.2, 0.25) is 0 Å². The second kappa shape index (κ2) is 10.9. The highest BCUT2D eigenvalue weighted by molar-refractivity contribution is 6.30. The van der Waals surface area contributed by atoms with E-state index in [4.69, 9.17) is 21.3 Å². The van der Waals surface area contributed by atoms with E-state index in [0.29, 0.717) is 34.2 Å². The molecular formula is C29H27ClN4O2. The lowest BCUT2D eigenvalue weighted by Gasteiger charge is -2.14. The van der Waals surface area contributed by atoms with Crippen LogP contribution in [-0.4, -0.2) is 32.5 Å². The fraction of sp³-hybridized carbons (Fsp3) is 0.207. The average molecular weight is 499 g/mol. The van der Waals surface area contributed by atoms with E-state index in [1.54, 1.807) is 27.6 Å². The number of para-hydroxylation sites is 1. The lowest BCUT2D eigenvalue weighted by molar-refractivity contribution is 0.134. The topological polar surface area (TPSA) is 61.9 Å². The predicted octanol–water partition coefficient (Wildman–Crippen LogP) is 6.25. The van der Waals surface area contributed by atoms with Crippen LogP contribution in [0.5, 0.6) is 0 Å². The molecule has 7 heteroatoms. The Morgan fingerprint density at radius 1 is 0.889 bits per heavy atom. The largest absolute Gasteiger partial charge is 0.381 e. The maximum Gasteiger partial charge on any atom is 0.269 e. The fourth-order valence-electron chi connectivity index (χ4n) is 4.11. The van der Waals surface area contributed by atoms with Crippen molar-refractivity contribution in [2.75, 3.05) is 13.2 Å². The van der Waals surface area contributed by atoms with Gasteiger partial charge >= 0.3 is 0 Å². The van der Waals surface area contributed by atoms with Gasteiger partial charge in [0, 0.05) is 17.2 Å². The standard InChI is InChI=1S/C29H27ClN4O2/c1-2-3-18-36-19-17-21-9-11-22(12-10-21)27-32-28-26(20-31-34(28)25-7-5-4-6-8-25)29(35)33(27)24-15-13-23(30)14-16-24/h4-16,20H,2-3,17-19H2,1H3. The van der Waals surface area contributed by atoms with Gasteiger partial charge in [0.15, 0.2) is 5.65 Å². The Kier molecular flexibility index (Phi) is 7.26. The van der Waals surface area contributed by atoms with Gasteiger partial charge < -0.3 is 4.74 Å². The summed E-state index contributed by atoms with van der Waals surface area (Å²) in [6.07, 6.45) is 4.62. The molecule has 0 atom stereocenters. The third-order valence-corrected chi connectivity index (χ3v) is 6.33. The third-order valence-electron chi connectivity index (χ3n) is 6.08. The summed E-state index contributed by atoms with van der Waals surface area (Å²) >= 11 is 6.12. The Hall–Kier alpha value is -3.74. The van der Waals surface area contributed by atoms with Crippen molar-refractivity contribution in [3.8, 4) is 22.8 Å². The molecule has 2 aromatic heterocycles. The van der Waals surface area contributed by atoms with E-state index < -0.39 is 0 Å². The molecule has 0 amide bonds. The maximum absolute atomic E-state index is 13.8. The highest BCUT2D eigenvalue weighted by Gasteiger charge is 2.18. The van der Waals surface area contributed by atoms with Crippen molar-refractivity contribution in [3.05, 3.63) is 106 Å². The van der Waals surface area contributed by atoms with Gasteiger partial charge in [0.25, 0.3) is 5.56 Å². The minimum Gasteiger partial charge on any atom is -0.381 e. The van der Waals surface area contributed by atoms with E-state index >= 15 is 0 Å². The number of ether oxygens (including phenoxy) is 1. The quantitative estimate of drug-likeness (QED) is 0.225. The second-order valence-electron chi connectivity index (χ2n) is 8.59. The molecule has 0 saturated carbocycles. The number of hydrogen-bond donors (Lipinski definition) is 0. The van der Waals surface area contributed by atoms with E-state index in [2.05, 4.69) is 24.2 Å². The Balaban J connectivity index is 1.59. The molecule has 0 spiro atoms. The minimum absolute atomic E-state index is 0.187. The molecule has 0 saturated heterocycles. The predicted molar refractivity (Wildman–Crippen MR) is 144 cm³/mol. The number of benzene rings is 3. The summed E-state index contributed by atoms with van der Waals surface area (Å²) in [6, 6.07) is 25.0. The normalized spacial score (nSPS) is 11.3. The van der Waals surface area contributed by atoms with Gasteiger partial charge in [-0.25, -0.2) is 9.67 Å². The molecule has 0 unspecified atom stereocenters. The van der Waals surface area contributed by atoms with Gasteiger partial charge in [-0.3, -0.25) is 9.36 Å². The van der Waals surface area contributed by atoms with Crippen LogP contribution in [0.3, 0.4) is 0 Å². The molecule has 5 aromatic rings. The summed E-state index contributed by atoms with van der Waals surface area (Å²) < 4.78 is 9.04. The first-order valence-electron chi connectivity index (χ1n) is 12.1. The zero-order valence-corrected chi connectivity index (χ0v) is 20.9. The van der Waals surface area contributed by atoms with Crippen molar-refractivity contribution in [2.24, 2.45) is 0 Å². The molecule has 182 valence electrons. The van der Waals surface area contributed by atoms with E-state index in [-0.39, 0.29) is 5.56 Å². The molecule has 6 nitrogen and oxygen atoms in total. The molecule has 36 heavy (non-hydrogen) atoms. The van der Waals surface area contributed by atoms with Gasteiger partial charge in [-0.2, -0.15) is 5.10 Å². The van der Waals surface area contributed by atoms with Gasteiger partial charge in [0.05, 0.1) is 24.2 Å². The smallest absolute Gasteiger partial charge is 0.269 e. The molecule has 3 aromatic carbocycles. The number of hydrogen-bond acceptors (Lipinski definition) is 4. The van der Waals surface area contributed by atoms with E-state index in [9.17, 15) is 4.79 Å². The molecule has 0 bridgehead atoms. The van der Waals surface area contributed by atoms with Gasteiger partial charge in [-0.05, 0) is 54.8 Å². The molecule has 0 aliphatic carbocycles. The van der Waals surface area contributed by atoms with Crippen LogP contribution < -0.4 is 5.56 Å². The second-order valence-corrected chi connectivity index (χ2v) is 9.03. The Morgan fingerprint density at radius 3 is 2.36 bits per heavy atom. The Bertz CT molecular complexity index is 1510. The van der Waals surface area contributed by atoms with E-state index in [0.717, 1.165) is 37.1 Å². The highest BCUT2D eigenvalue weighted by Crippen LogP contribution is 2.25. The summed E-state index contributed by atoms with van der Waals surface area (Å²) in [5.74, 6) is 0.540. The molecule has 5 rings (SSSR count). The maximum atomic E-state index is 13.8. The van der Waals surface area contributed by atoms with Crippen molar-refractivity contribution in [1.29, 1.82) is 0 Å². The number of unbranched alkanes of at least 4 members (excludes halogenated alkanes) is 1. The zero-order valence-electron chi connectivity index (χ0n) is 20.1. The molecule has 0 N–H and O–H groups in total. The molecular weight excluding hydrogens is 472 g/mol. The molecule has 0 radical (unpaired) electrons. The van der Waals surface area contributed by atoms with Crippen molar-refractivity contribution < 1.29 is 4.74 Å². The first-order valence-corrected chi connectivity index (χ1v) is 12.5. The molecule has 0 aliphatic rings. The zero-order chi connectivity index (χ0) is 24.9. The Labute approximate surface area is 214 Å². The van der Waals surface area contributed by atoms with E-state index in [1.165, 1.54) is 5.56 Å². The lowest BCUT2D eigenvalue weighted by atomic mass is 10.1. The number of nitrogens with zero attached hydrogens (tertiary/aromatic N) is 4. The van der Waals surface area contributed by atoms with Crippen LogP contribution in [0.15, 0.2) is 89.9 Å². The van der Waals surface area contributed by atoms with Crippen LogP contribution in [-0.2, 0) is 11.2 Å². The van der Waals surface area contributed by atoms with Crippen molar-refractivity contribution in [3.63, 3.8) is 0 Å². The summed E-state index contributed by atoms with van der Waals surface area (Å²) in [5, 5.41) is 5.53. The minimum atomic E-state index is -0.187. The van der Waals surface area contributed by atoms with Crippen LogP contribution in [0.2, 0.25) is 5.02 Å². The van der Waals surface area contributed by atoms with Gasteiger partial charge in [-0.1, -0.05) is 67.4 Å². The number of halogens is 1. The van der Waals surface area contributed by atoms with Crippen molar-refractivity contribution in [1.82, 2.24) is 19.3 Å². The lowest BCUT2D eigenvalue weighted by Crippen LogP contribution is -2.22. The van der Waals surface area contributed by atoms with Crippen molar-refractivity contribution >= 4 is 22.6 Å². The van der Waals surface area contributed by atoms with Gasteiger partial charge in [0.1, 0.15) is 11.2 Å². The molecule has 0 fully saturated rings. The first kappa shape index (κ1) is 24.0. The van der Waals surface area contributed by atoms with E-state index in [1.807, 2.05) is 54.6 Å². The number of fused-ring (bicyclic) bond motifs is 1. The van der Waals surface area contributed by atoms with Crippen LogP contribution >= 0.6 is 11.6 Å². The number of aromatic nitrogens is 4. The van der Waals surface area contributed by atoms with Crippen LogP contribution in [0.4, 0.5) is 0 Å². The fourth-order valence-corrected chi connectivity index (χ4v) is 4.23. The number of rotatable bonds is 9. The molecule has 0 aliphatic heterocycles. The van der Waals surface area contributed by atoms with Crippen molar-refractivity contribution in [2.45, 2.75) is 26.2 Å². The summed E-state index contributed by atoms with van der Waals surface area (Å²) in [7, 11) is 0. The summed E-state index contributed by atoms with van der Waals surface area (Å²) in [6.45, 7) is 3.64. The first-order chi connectivity index (χ1) is 17.7.